The first-order valence-electron chi connectivity index (χ1n) is 9.21. The highest BCUT2D eigenvalue weighted by Crippen LogP contribution is 2.25. The number of aliphatic hydroxyl groups excluding tert-OH is 1. The van der Waals surface area contributed by atoms with E-state index in [1.165, 1.54) is 5.56 Å². The van der Waals surface area contributed by atoms with E-state index >= 15 is 0 Å². The molecule has 1 fully saturated rings. The van der Waals surface area contributed by atoms with Gasteiger partial charge in [0.25, 0.3) is 0 Å². The molecule has 146 valence electrons. The zero-order valence-electron chi connectivity index (χ0n) is 16.3. The molecular formula is C20H29N5O2. The smallest absolute Gasteiger partial charge is 0.322 e. The minimum Gasteiger partial charge on any atom is -0.400 e. The van der Waals surface area contributed by atoms with Crippen molar-refractivity contribution in [3.8, 4) is 0 Å². The molecule has 3 heterocycles. The summed E-state index contributed by atoms with van der Waals surface area (Å²) in [4.78, 5) is 18.5. The first-order valence-corrected chi connectivity index (χ1v) is 9.21. The van der Waals surface area contributed by atoms with Crippen molar-refractivity contribution in [3.05, 3.63) is 48.3 Å². The van der Waals surface area contributed by atoms with Gasteiger partial charge in [0.15, 0.2) is 0 Å². The van der Waals surface area contributed by atoms with Crippen molar-refractivity contribution in [2.45, 2.75) is 26.2 Å². The lowest BCUT2D eigenvalue weighted by Crippen LogP contribution is -2.46. The zero-order chi connectivity index (χ0) is 19.6. The van der Waals surface area contributed by atoms with Crippen LogP contribution in [0.1, 0.15) is 25.3 Å². The SMILES string of the molecule is CC1CCN(C(=O)NC2=Nc3ccccc3C2)CC1.CO.Cn1cccn1. The van der Waals surface area contributed by atoms with Crippen LogP contribution in [0.2, 0.25) is 0 Å². The highest BCUT2D eigenvalue weighted by atomic mass is 16.2. The topological polar surface area (TPSA) is 82.8 Å². The summed E-state index contributed by atoms with van der Waals surface area (Å²) in [6.07, 6.45) is 6.56. The van der Waals surface area contributed by atoms with Crippen LogP contribution in [0.25, 0.3) is 0 Å². The molecule has 2 aromatic rings. The van der Waals surface area contributed by atoms with E-state index in [-0.39, 0.29) is 6.03 Å². The van der Waals surface area contributed by atoms with Gasteiger partial charge in [-0.2, -0.15) is 5.10 Å². The maximum Gasteiger partial charge on any atom is 0.322 e. The number of aliphatic hydroxyl groups is 1. The molecule has 0 atom stereocenters. The number of fused-ring (bicyclic) bond motifs is 1. The average molecular weight is 371 g/mol. The molecule has 1 aromatic carbocycles. The summed E-state index contributed by atoms with van der Waals surface area (Å²) in [6.45, 7) is 3.95. The quantitative estimate of drug-likeness (QED) is 0.747. The van der Waals surface area contributed by atoms with E-state index < -0.39 is 0 Å². The predicted octanol–water partition coefficient (Wildman–Crippen LogP) is 2.74. The molecule has 7 nitrogen and oxygen atoms in total. The second kappa shape index (κ2) is 10.5. The zero-order valence-corrected chi connectivity index (χ0v) is 16.3. The molecule has 0 radical (unpaired) electrons. The number of likely N-dealkylation sites (tertiary alicyclic amines) is 1. The van der Waals surface area contributed by atoms with Crippen LogP contribution in [0, 0.1) is 5.92 Å². The van der Waals surface area contributed by atoms with E-state index in [4.69, 9.17) is 5.11 Å². The Balaban J connectivity index is 0.000000275. The van der Waals surface area contributed by atoms with E-state index in [9.17, 15) is 4.79 Å². The molecule has 0 unspecified atom stereocenters. The fourth-order valence-corrected chi connectivity index (χ4v) is 2.97. The number of nitrogens with one attached hydrogen (secondary N) is 1. The minimum atomic E-state index is -0.00143. The van der Waals surface area contributed by atoms with Crippen LogP contribution in [0.15, 0.2) is 47.7 Å². The summed E-state index contributed by atoms with van der Waals surface area (Å²) in [6, 6.07) is 9.90. The summed E-state index contributed by atoms with van der Waals surface area (Å²) in [5, 5.41) is 13.8. The number of para-hydroxylation sites is 1. The van der Waals surface area contributed by atoms with Crippen LogP contribution in [0.4, 0.5) is 10.5 Å². The molecule has 0 saturated carbocycles. The van der Waals surface area contributed by atoms with Gasteiger partial charge in [0.2, 0.25) is 0 Å². The highest BCUT2D eigenvalue weighted by molar-refractivity contribution is 6.02. The van der Waals surface area contributed by atoms with Gasteiger partial charge >= 0.3 is 6.03 Å². The number of carbonyl (C=O) groups is 1. The van der Waals surface area contributed by atoms with Gasteiger partial charge in [0.05, 0.1) is 5.69 Å². The lowest BCUT2D eigenvalue weighted by Gasteiger charge is -2.30. The maximum absolute atomic E-state index is 12.1. The number of amides is 2. The van der Waals surface area contributed by atoms with Gasteiger partial charge in [-0.05, 0) is 36.5 Å². The molecule has 1 saturated heterocycles. The Hall–Kier alpha value is -2.67. The lowest BCUT2D eigenvalue weighted by atomic mass is 10.00. The Labute approximate surface area is 160 Å². The summed E-state index contributed by atoms with van der Waals surface area (Å²) in [5.41, 5.74) is 2.16. The number of aryl methyl sites for hydroxylation is 1. The summed E-state index contributed by atoms with van der Waals surface area (Å²) in [7, 11) is 2.89. The van der Waals surface area contributed by atoms with Gasteiger partial charge in [0, 0.05) is 46.1 Å². The van der Waals surface area contributed by atoms with Crippen molar-refractivity contribution in [1.29, 1.82) is 0 Å². The van der Waals surface area contributed by atoms with Crippen molar-refractivity contribution >= 4 is 17.6 Å². The third kappa shape index (κ3) is 6.21. The number of urea groups is 1. The van der Waals surface area contributed by atoms with Crippen LogP contribution in [0.3, 0.4) is 0 Å². The first kappa shape index (κ1) is 20.6. The molecule has 4 rings (SSSR count). The minimum absolute atomic E-state index is 0.00143. The third-order valence-electron chi connectivity index (χ3n) is 4.56. The standard InChI is InChI=1S/C15H19N3O.C4H6N2.CH4O/c1-11-6-8-18(9-7-11)15(19)17-14-10-12-4-2-3-5-13(12)16-14;1-6-4-2-3-5-6;1-2/h2-5,11H,6-10H2,1H3,(H,16,17,19);2-4H,1H3;2H,1H3. The number of rotatable bonds is 0. The van der Waals surface area contributed by atoms with E-state index in [1.54, 1.807) is 10.9 Å². The highest BCUT2D eigenvalue weighted by Gasteiger charge is 2.22. The predicted molar refractivity (Wildman–Crippen MR) is 107 cm³/mol. The van der Waals surface area contributed by atoms with Gasteiger partial charge in [-0.1, -0.05) is 25.1 Å². The van der Waals surface area contributed by atoms with Crippen molar-refractivity contribution in [2.24, 2.45) is 18.0 Å². The third-order valence-corrected chi connectivity index (χ3v) is 4.56. The van der Waals surface area contributed by atoms with Crippen molar-refractivity contribution in [3.63, 3.8) is 0 Å². The van der Waals surface area contributed by atoms with Gasteiger partial charge in [-0.15, -0.1) is 0 Å². The normalized spacial score (nSPS) is 15.6. The molecule has 0 bridgehead atoms. The Morgan fingerprint density at radius 3 is 2.44 bits per heavy atom. The van der Waals surface area contributed by atoms with E-state index in [1.807, 2.05) is 42.4 Å². The average Bonchev–Trinajstić information content (AvgIpc) is 3.32. The number of aromatic nitrogens is 2. The number of nitrogens with zero attached hydrogens (tertiary/aromatic N) is 4. The summed E-state index contributed by atoms with van der Waals surface area (Å²) < 4.78 is 1.75. The largest absolute Gasteiger partial charge is 0.400 e. The lowest BCUT2D eigenvalue weighted by molar-refractivity contribution is 0.178. The second-order valence-corrected chi connectivity index (χ2v) is 6.64. The van der Waals surface area contributed by atoms with Crippen molar-refractivity contribution in [2.75, 3.05) is 20.2 Å². The first-order chi connectivity index (χ1) is 13.1. The second-order valence-electron chi connectivity index (χ2n) is 6.64. The summed E-state index contributed by atoms with van der Waals surface area (Å²) in [5.74, 6) is 1.50. The van der Waals surface area contributed by atoms with Gasteiger partial charge in [-0.25, -0.2) is 9.79 Å². The van der Waals surface area contributed by atoms with Crippen molar-refractivity contribution < 1.29 is 9.90 Å². The number of carbonyl (C=O) groups excluding carboxylic acids is 1. The molecule has 2 N–H and O–H groups in total. The number of hydrogen-bond acceptors (Lipinski definition) is 4. The van der Waals surface area contributed by atoms with E-state index in [0.717, 1.165) is 56.9 Å². The van der Waals surface area contributed by atoms with Gasteiger partial charge in [-0.3, -0.25) is 10.00 Å². The van der Waals surface area contributed by atoms with Gasteiger partial charge < -0.3 is 10.0 Å². The molecule has 2 aliphatic heterocycles. The Kier molecular flexibility index (Phi) is 8.00. The van der Waals surface area contributed by atoms with Crippen LogP contribution >= 0.6 is 0 Å². The number of aliphatic imine (C=N–C) groups is 1. The van der Waals surface area contributed by atoms with E-state index in [0.29, 0.717) is 0 Å². The fraction of sp³-hybridized carbons (Fsp3) is 0.450. The number of benzene rings is 1. The molecule has 7 heteroatoms. The number of piperidine rings is 1. The molecular weight excluding hydrogens is 342 g/mol. The van der Waals surface area contributed by atoms with Crippen LogP contribution in [-0.2, 0) is 13.5 Å². The summed E-state index contributed by atoms with van der Waals surface area (Å²) >= 11 is 0. The molecule has 0 aliphatic carbocycles. The maximum atomic E-state index is 12.1. The van der Waals surface area contributed by atoms with Crippen LogP contribution in [0.5, 0.6) is 0 Å². The fourth-order valence-electron chi connectivity index (χ4n) is 2.97. The Bertz CT molecular complexity index is 735. The molecule has 2 amide bonds. The van der Waals surface area contributed by atoms with Gasteiger partial charge in [0.1, 0.15) is 5.84 Å². The van der Waals surface area contributed by atoms with E-state index in [2.05, 4.69) is 28.4 Å². The van der Waals surface area contributed by atoms with Crippen LogP contribution < -0.4 is 5.32 Å². The number of amidine groups is 1. The monoisotopic (exact) mass is 371 g/mol. The molecule has 0 spiro atoms. The molecule has 1 aromatic heterocycles. The molecule has 27 heavy (non-hydrogen) atoms. The molecule has 2 aliphatic rings. The van der Waals surface area contributed by atoms with Crippen LogP contribution in [-0.4, -0.2) is 51.9 Å². The van der Waals surface area contributed by atoms with Crippen molar-refractivity contribution in [1.82, 2.24) is 20.0 Å². The Morgan fingerprint density at radius 2 is 1.89 bits per heavy atom. The Morgan fingerprint density at radius 1 is 1.19 bits per heavy atom. The number of hydrogen-bond donors (Lipinski definition) is 2.